The average molecular weight is 477 g/mol. The predicted octanol–water partition coefficient (Wildman–Crippen LogP) is 4.45. The molecule has 0 saturated heterocycles. The molecule has 0 aromatic heterocycles. The first kappa shape index (κ1) is 23.4. The third-order valence-corrected chi connectivity index (χ3v) is 7.86. The molecule has 0 spiro atoms. The van der Waals surface area contributed by atoms with Crippen LogP contribution in [-0.2, 0) is 14.3 Å². The summed E-state index contributed by atoms with van der Waals surface area (Å²) in [5.41, 5.74) is 4.75. The molecule has 5 rings (SSSR count). The van der Waals surface area contributed by atoms with Crippen LogP contribution >= 0.6 is 0 Å². The summed E-state index contributed by atoms with van der Waals surface area (Å²) in [4.78, 5) is 36.4. The molecule has 2 amide bonds. The molecule has 3 aliphatic carbocycles. The standard InChI is InChI=1S/C28H32N2O5/c31-26(30-25-11-5-10-23(25)27(32)33)15-17-12-13-18(14-17)29-28(34)35-16-24-21-8-3-1-6-19(21)20-7-2-4-9-22(20)24/h1-4,6-9,17-18,23-25H,5,10-16H2,(H,29,34)(H,30,31)(H,32,33)/t17?,18?,23-,25+/m1/s1. The van der Waals surface area contributed by atoms with Crippen LogP contribution in [0, 0.1) is 11.8 Å². The lowest BCUT2D eigenvalue weighted by Crippen LogP contribution is -2.40. The summed E-state index contributed by atoms with van der Waals surface area (Å²) < 4.78 is 5.66. The molecule has 35 heavy (non-hydrogen) atoms. The van der Waals surface area contributed by atoms with Gasteiger partial charge in [-0.3, -0.25) is 9.59 Å². The van der Waals surface area contributed by atoms with Gasteiger partial charge in [-0.1, -0.05) is 55.0 Å². The van der Waals surface area contributed by atoms with Gasteiger partial charge in [0.2, 0.25) is 5.91 Å². The van der Waals surface area contributed by atoms with E-state index in [2.05, 4.69) is 34.9 Å². The molecule has 0 heterocycles. The minimum absolute atomic E-state index is 0.0123. The van der Waals surface area contributed by atoms with Gasteiger partial charge in [0.1, 0.15) is 6.61 Å². The Morgan fingerprint density at radius 2 is 1.57 bits per heavy atom. The van der Waals surface area contributed by atoms with Crippen molar-refractivity contribution in [2.24, 2.45) is 11.8 Å². The molecule has 7 nitrogen and oxygen atoms in total. The Hall–Kier alpha value is -3.35. The molecule has 0 radical (unpaired) electrons. The van der Waals surface area contributed by atoms with Crippen LogP contribution in [0.15, 0.2) is 48.5 Å². The highest BCUT2D eigenvalue weighted by Crippen LogP contribution is 2.44. The van der Waals surface area contributed by atoms with E-state index < -0.39 is 18.0 Å². The highest BCUT2D eigenvalue weighted by molar-refractivity contribution is 5.79. The van der Waals surface area contributed by atoms with E-state index in [0.29, 0.717) is 12.8 Å². The molecule has 3 N–H and O–H groups in total. The predicted molar refractivity (Wildman–Crippen MR) is 131 cm³/mol. The largest absolute Gasteiger partial charge is 0.481 e. The van der Waals surface area contributed by atoms with Crippen molar-refractivity contribution < 1.29 is 24.2 Å². The normalized spacial score (nSPS) is 25.0. The number of amides is 2. The molecule has 2 fully saturated rings. The van der Waals surface area contributed by atoms with Gasteiger partial charge in [0, 0.05) is 24.4 Å². The molecule has 184 valence electrons. The van der Waals surface area contributed by atoms with Gasteiger partial charge in [-0.15, -0.1) is 0 Å². The van der Waals surface area contributed by atoms with Crippen molar-refractivity contribution in [2.45, 2.75) is 62.9 Å². The Kier molecular flexibility index (Phi) is 6.75. The number of carbonyl (C=O) groups excluding carboxylic acids is 2. The van der Waals surface area contributed by atoms with Crippen LogP contribution in [0.4, 0.5) is 4.79 Å². The summed E-state index contributed by atoms with van der Waals surface area (Å²) in [7, 11) is 0. The maximum Gasteiger partial charge on any atom is 0.407 e. The first-order valence-corrected chi connectivity index (χ1v) is 12.6. The molecule has 2 saturated carbocycles. The lowest BCUT2D eigenvalue weighted by Gasteiger charge is -2.19. The van der Waals surface area contributed by atoms with E-state index in [-0.39, 0.29) is 36.4 Å². The molecular formula is C28H32N2O5. The summed E-state index contributed by atoms with van der Waals surface area (Å²) in [6.45, 7) is 0.282. The average Bonchev–Trinajstić information content (AvgIpc) is 3.56. The number of nitrogens with one attached hydrogen (secondary N) is 2. The first-order chi connectivity index (χ1) is 17.0. The summed E-state index contributed by atoms with van der Waals surface area (Å²) in [6, 6.07) is 16.2. The van der Waals surface area contributed by atoms with Crippen LogP contribution in [0.1, 0.15) is 62.0 Å². The van der Waals surface area contributed by atoms with Crippen LogP contribution in [0.25, 0.3) is 11.1 Å². The fourth-order valence-electron chi connectivity index (χ4n) is 6.15. The number of aliphatic carboxylic acids is 1. The molecule has 2 unspecified atom stereocenters. The van der Waals surface area contributed by atoms with Gasteiger partial charge in [0.25, 0.3) is 0 Å². The minimum Gasteiger partial charge on any atom is -0.481 e. The van der Waals surface area contributed by atoms with Gasteiger partial charge in [0.15, 0.2) is 0 Å². The molecule has 4 atom stereocenters. The minimum atomic E-state index is -0.832. The Balaban J connectivity index is 1.09. The van der Waals surface area contributed by atoms with Crippen molar-refractivity contribution in [1.29, 1.82) is 0 Å². The lowest BCUT2D eigenvalue weighted by atomic mass is 9.98. The van der Waals surface area contributed by atoms with Crippen LogP contribution < -0.4 is 10.6 Å². The number of rotatable bonds is 7. The van der Waals surface area contributed by atoms with Crippen LogP contribution in [0.5, 0.6) is 0 Å². The molecule has 0 bridgehead atoms. The van der Waals surface area contributed by atoms with Crippen molar-refractivity contribution in [2.75, 3.05) is 6.61 Å². The quantitative estimate of drug-likeness (QED) is 0.548. The second kappa shape index (κ2) is 10.1. The highest BCUT2D eigenvalue weighted by Gasteiger charge is 2.35. The van der Waals surface area contributed by atoms with E-state index in [9.17, 15) is 19.5 Å². The number of ether oxygens (including phenoxy) is 1. The molecule has 0 aliphatic heterocycles. The van der Waals surface area contributed by atoms with Crippen LogP contribution in [0.2, 0.25) is 0 Å². The molecule has 2 aromatic rings. The van der Waals surface area contributed by atoms with Gasteiger partial charge in [-0.2, -0.15) is 0 Å². The Morgan fingerprint density at radius 3 is 2.26 bits per heavy atom. The smallest absolute Gasteiger partial charge is 0.407 e. The van der Waals surface area contributed by atoms with E-state index in [4.69, 9.17) is 4.74 Å². The van der Waals surface area contributed by atoms with Crippen LogP contribution in [0.3, 0.4) is 0 Å². The summed E-state index contributed by atoms with van der Waals surface area (Å²) in [5.74, 6) is -1.20. The number of carboxylic acid groups (broad SMARTS) is 1. The zero-order chi connectivity index (χ0) is 24.4. The lowest BCUT2D eigenvalue weighted by molar-refractivity contribution is -0.142. The number of hydrogen-bond donors (Lipinski definition) is 3. The van der Waals surface area contributed by atoms with Gasteiger partial charge >= 0.3 is 12.1 Å². The van der Waals surface area contributed by atoms with Crippen molar-refractivity contribution in [3.8, 4) is 11.1 Å². The summed E-state index contributed by atoms with van der Waals surface area (Å²) >= 11 is 0. The third-order valence-electron chi connectivity index (χ3n) is 7.86. The van der Waals surface area contributed by atoms with Crippen molar-refractivity contribution >= 4 is 18.0 Å². The van der Waals surface area contributed by atoms with Gasteiger partial charge in [0.05, 0.1) is 5.92 Å². The summed E-state index contributed by atoms with van der Waals surface area (Å²) in [5, 5.41) is 15.2. The van der Waals surface area contributed by atoms with E-state index in [1.54, 1.807) is 0 Å². The van der Waals surface area contributed by atoms with E-state index in [0.717, 1.165) is 32.1 Å². The molecule has 2 aromatic carbocycles. The fourth-order valence-corrected chi connectivity index (χ4v) is 6.15. The Bertz CT molecular complexity index is 1070. The van der Waals surface area contributed by atoms with Crippen LogP contribution in [-0.4, -0.2) is 41.8 Å². The van der Waals surface area contributed by atoms with Crippen molar-refractivity contribution in [3.05, 3.63) is 59.7 Å². The maximum absolute atomic E-state index is 12.6. The Morgan fingerprint density at radius 1 is 0.886 bits per heavy atom. The fraction of sp³-hybridized carbons (Fsp3) is 0.464. The second-order valence-electron chi connectivity index (χ2n) is 10.1. The second-order valence-corrected chi connectivity index (χ2v) is 10.1. The van der Waals surface area contributed by atoms with E-state index in [1.807, 2.05) is 24.3 Å². The number of fused-ring (bicyclic) bond motifs is 3. The van der Waals surface area contributed by atoms with Gasteiger partial charge in [-0.05, 0) is 60.3 Å². The Labute approximate surface area is 205 Å². The number of benzene rings is 2. The highest BCUT2D eigenvalue weighted by atomic mass is 16.5. The third kappa shape index (κ3) is 5.04. The zero-order valence-electron chi connectivity index (χ0n) is 19.7. The van der Waals surface area contributed by atoms with Gasteiger partial charge in [-0.25, -0.2) is 4.79 Å². The van der Waals surface area contributed by atoms with E-state index >= 15 is 0 Å². The van der Waals surface area contributed by atoms with Gasteiger partial charge < -0.3 is 20.5 Å². The summed E-state index contributed by atoms with van der Waals surface area (Å²) in [6.07, 6.45) is 4.51. The van der Waals surface area contributed by atoms with E-state index in [1.165, 1.54) is 22.3 Å². The zero-order valence-corrected chi connectivity index (χ0v) is 19.7. The SMILES string of the molecule is O=C(CC1CCC(NC(=O)OCC2c3ccccc3-c3ccccc32)C1)N[C@H]1CCC[C@H]1C(=O)O. The molecular weight excluding hydrogens is 444 g/mol. The maximum atomic E-state index is 12.6. The number of carboxylic acids is 1. The molecule has 7 heteroatoms. The number of carbonyl (C=O) groups is 3. The molecule has 3 aliphatic rings. The monoisotopic (exact) mass is 476 g/mol. The number of alkyl carbamates (subject to hydrolysis) is 1. The van der Waals surface area contributed by atoms with Crippen molar-refractivity contribution in [1.82, 2.24) is 10.6 Å². The van der Waals surface area contributed by atoms with Crippen molar-refractivity contribution in [3.63, 3.8) is 0 Å². The number of hydrogen-bond acceptors (Lipinski definition) is 4. The first-order valence-electron chi connectivity index (χ1n) is 12.6. The topological polar surface area (TPSA) is 105 Å².